The Bertz CT molecular complexity index is 4080. The van der Waals surface area contributed by atoms with E-state index in [9.17, 15) is 0 Å². The van der Waals surface area contributed by atoms with E-state index in [-0.39, 0.29) is 13.4 Å². The molecule has 4 aliphatic heterocycles. The van der Waals surface area contributed by atoms with Crippen molar-refractivity contribution in [1.82, 2.24) is 9.13 Å². The number of aromatic nitrogens is 2. The van der Waals surface area contributed by atoms with Gasteiger partial charge in [-0.05, 0) is 102 Å². The predicted molar refractivity (Wildman–Crippen MR) is 272 cm³/mol. The van der Waals surface area contributed by atoms with E-state index in [1.807, 2.05) is 0 Å². The zero-order valence-corrected chi connectivity index (χ0v) is 34.7. The van der Waals surface area contributed by atoms with Gasteiger partial charge in [0.25, 0.3) is 0 Å². The topological polar surface area (TPSA) is 9.86 Å². The van der Waals surface area contributed by atoms with Gasteiger partial charge in [0.05, 0.1) is 11.0 Å². The van der Waals surface area contributed by atoms with Crippen LogP contribution < -0.4 is 32.8 Å². The van der Waals surface area contributed by atoms with E-state index in [1.165, 1.54) is 143 Å². The summed E-state index contributed by atoms with van der Waals surface area (Å²) < 4.78 is 5.15. The Balaban J connectivity index is 0.923. The zero-order chi connectivity index (χ0) is 41.4. The summed E-state index contributed by atoms with van der Waals surface area (Å²) in [6, 6.07) is 78.1. The van der Waals surface area contributed by atoms with Crippen LogP contribution in [0.3, 0.4) is 0 Å². The molecule has 0 saturated heterocycles. The highest BCUT2D eigenvalue weighted by molar-refractivity contribution is 7.03. The first-order valence-electron chi connectivity index (χ1n) is 22.6. The first kappa shape index (κ1) is 33.5. The Kier molecular flexibility index (Phi) is 6.23. The summed E-state index contributed by atoms with van der Waals surface area (Å²) in [6.07, 6.45) is 0. The van der Waals surface area contributed by atoms with Gasteiger partial charge in [0.2, 0.25) is 13.4 Å². The van der Waals surface area contributed by atoms with E-state index >= 15 is 0 Å². The summed E-state index contributed by atoms with van der Waals surface area (Å²) in [7, 11) is 0. The lowest BCUT2D eigenvalue weighted by Crippen LogP contribution is -2.54. The maximum atomic E-state index is 2.59. The van der Waals surface area contributed by atoms with Crippen LogP contribution in [0.4, 0.5) is 0 Å². The van der Waals surface area contributed by atoms with Gasteiger partial charge in [-0.3, -0.25) is 0 Å². The minimum absolute atomic E-state index is 0.103. The molecule has 0 saturated carbocycles. The summed E-state index contributed by atoms with van der Waals surface area (Å²) >= 11 is 0. The Morgan fingerprint density at radius 2 is 0.781 bits per heavy atom. The minimum atomic E-state index is 0.103. The molecule has 0 atom stereocenters. The van der Waals surface area contributed by atoms with E-state index in [0.717, 1.165) is 0 Å². The Labute approximate surface area is 370 Å². The summed E-state index contributed by atoms with van der Waals surface area (Å²) in [4.78, 5) is 0. The number of hydrogen-bond donors (Lipinski definition) is 0. The maximum Gasteiger partial charge on any atom is 0.249 e. The number of hydrogen-bond acceptors (Lipinski definition) is 0. The highest BCUT2D eigenvalue weighted by Crippen LogP contribution is 2.42. The third kappa shape index (κ3) is 4.02. The molecule has 2 nitrogen and oxygen atoms in total. The molecule has 64 heavy (non-hydrogen) atoms. The fourth-order valence-corrected chi connectivity index (χ4v) is 12.9. The van der Waals surface area contributed by atoms with E-state index < -0.39 is 0 Å². The van der Waals surface area contributed by atoms with Crippen LogP contribution in [0.5, 0.6) is 0 Å². The van der Waals surface area contributed by atoms with Crippen LogP contribution in [-0.2, 0) is 0 Å². The summed E-state index contributed by atoms with van der Waals surface area (Å²) in [6.45, 7) is 0.270. The molecule has 2 aromatic heterocycles. The van der Waals surface area contributed by atoms with Crippen molar-refractivity contribution in [1.29, 1.82) is 0 Å². The molecule has 4 heteroatoms. The second-order valence-corrected chi connectivity index (χ2v) is 18.2. The van der Waals surface area contributed by atoms with Gasteiger partial charge >= 0.3 is 0 Å². The van der Waals surface area contributed by atoms with Gasteiger partial charge in [0.1, 0.15) is 0 Å². The Morgan fingerprint density at radius 1 is 0.266 bits per heavy atom. The molecule has 0 spiro atoms. The fourth-order valence-electron chi connectivity index (χ4n) is 12.9. The third-order valence-corrected chi connectivity index (χ3v) is 15.4. The molecule has 0 N–H and O–H groups in total. The first-order chi connectivity index (χ1) is 31.8. The largest absolute Gasteiger partial charge is 0.310 e. The molecule has 0 unspecified atom stereocenters. The highest BCUT2D eigenvalue weighted by atomic mass is 15.0. The number of nitrogens with zero attached hydrogens (tertiary/aromatic N) is 2. The molecule has 12 aromatic rings. The molecular formula is C60H34B2N2. The van der Waals surface area contributed by atoms with Gasteiger partial charge in [-0.2, -0.15) is 0 Å². The van der Waals surface area contributed by atoms with Crippen molar-refractivity contribution in [3.05, 3.63) is 206 Å². The summed E-state index contributed by atoms with van der Waals surface area (Å²) in [5.41, 5.74) is 29.3. The molecule has 290 valence electrons. The normalized spacial score (nSPS) is 13.2. The van der Waals surface area contributed by atoms with Crippen molar-refractivity contribution in [2.45, 2.75) is 0 Å². The van der Waals surface area contributed by atoms with Crippen molar-refractivity contribution in [2.24, 2.45) is 0 Å². The second-order valence-electron chi connectivity index (χ2n) is 18.2. The standard InChI is InChI=1S/C60H34B2N2/c1-3-13-35(14-4-1)39-18-9-19-45-46-21-12-26-53-57(46)61(55(39)45)49-23-10-22-47-43-30-28-38(34-54(43)64(53)59(47)49)37-27-29-41-44-20-11-25-52-56(44)62(50(41)33-37)58-40(36-15-5-2-6-16-36)31-32-48-42-17-7-8-24-51(42)63(52)60(48)58/h1-34H. The number of fused-ring (bicyclic) bond motifs is 16. The lowest BCUT2D eigenvalue weighted by Gasteiger charge is -2.27. The lowest BCUT2D eigenvalue weighted by molar-refractivity contribution is 1.19. The molecule has 0 amide bonds. The lowest BCUT2D eigenvalue weighted by atomic mass is 9.36. The van der Waals surface area contributed by atoms with Gasteiger partial charge in [-0.15, -0.1) is 0 Å². The van der Waals surface area contributed by atoms with Gasteiger partial charge in [-0.1, -0.05) is 193 Å². The molecule has 6 heterocycles. The van der Waals surface area contributed by atoms with Crippen molar-refractivity contribution in [3.63, 3.8) is 0 Å². The number of para-hydroxylation sites is 2. The van der Waals surface area contributed by atoms with Gasteiger partial charge < -0.3 is 9.13 Å². The van der Waals surface area contributed by atoms with Crippen LogP contribution >= 0.6 is 0 Å². The zero-order valence-electron chi connectivity index (χ0n) is 34.7. The van der Waals surface area contributed by atoms with Gasteiger partial charge in [0.15, 0.2) is 0 Å². The van der Waals surface area contributed by atoms with Crippen molar-refractivity contribution < 1.29 is 0 Å². The SMILES string of the molecule is c1ccc(-c2cccc3c2B2c4c-3cccc4-n3c4cc(-c5ccc6c(c5)B5c7c-6cccc7-n6c7ccccc7c7ccc(-c8ccccc8)c5c76)ccc4c4cccc2c43)cc1. The molecule has 4 aliphatic rings. The van der Waals surface area contributed by atoms with Crippen LogP contribution in [0.2, 0.25) is 0 Å². The van der Waals surface area contributed by atoms with Crippen LogP contribution in [-0.4, -0.2) is 22.6 Å². The van der Waals surface area contributed by atoms with Crippen LogP contribution in [0, 0.1) is 0 Å². The van der Waals surface area contributed by atoms with E-state index in [0.29, 0.717) is 0 Å². The molecule has 0 fully saturated rings. The quantitative estimate of drug-likeness (QED) is 0.158. The average Bonchev–Trinajstić information content (AvgIpc) is 4.10. The van der Waals surface area contributed by atoms with E-state index in [2.05, 4.69) is 215 Å². The average molecular weight is 805 g/mol. The molecule has 16 rings (SSSR count). The first-order valence-corrected chi connectivity index (χ1v) is 22.6. The number of rotatable bonds is 3. The molecule has 10 aromatic carbocycles. The van der Waals surface area contributed by atoms with Crippen molar-refractivity contribution >= 4 is 89.8 Å². The minimum Gasteiger partial charge on any atom is -0.310 e. The predicted octanol–water partition coefficient (Wildman–Crippen LogP) is 10.5. The van der Waals surface area contributed by atoms with Crippen LogP contribution in [0.15, 0.2) is 206 Å². The maximum absolute atomic E-state index is 2.59. The second kappa shape index (κ2) is 11.9. The summed E-state index contributed by atoms with van der Waals surface area (Å²) in [5, 5.41) is 5.24. The number of benzene rings is 10. The smallest absolute Gasteiger partial charge is 0.249 e. The highest BCUT2D eigenvalue weighted by Gasteiger charge is 2.44. The van der Waals surface area contributed by atoms with Crippen LogP contribution in [0.1, 0.15) is 0 Å². The summed E-state index contributed by atoms with van der Waals surface area (Å²) in [5.74, 6) is 0. The Morgan fingerprint density at radius 3 is 1.56 bits per heavy atom. The van der Waals surface area contributed by atoms with Crippen LogP contribution in [0.25, 0.3) is 111 Å². The third-order valence-electron chi connectivity index (χ3n) is 15.4. The van der Waals surface area contributed by atoms with Gasteiger partial charge in [-0.25, -0.2) is 0 Å². The van der Waals surface area contributed by atoms with Crippen molar-refractivity contribution in [3.8, 4) is 67.0 Å². The molecule has 0 radical (unpaired) electrons. The monoisotopic (exact) mass is 804 g/mol. The fraction of sp³-hybridized carbons (Fsp3) is 0. The van der Waals surface area contributed by atoms with Crippen molar-refractivity contribution in [2.75, 3.05) is 0 Å². The molecule has 0 aliphatic carbocycles. The van der Waals surface area contributed by atoms with E-state index in [4.69, 9.17) is 0 Å². The van der Waals surface area contributed by atoms with E-state index in [1.54, 1.807) is 0 Å². The Hall–Kier alpha value is -8.07. The molecular weight excluding hydrogens is 770 g/mol. The molecule has 0 bridgehead atoms. The van der Waals surface area contributed by atoms with Gasteiger partial charge in [0, 0.05) is 44.0 Å².